The van der Waals surface area contributed by atoms with Crippen molar-refractivity contribution < 1.29 is 9.32 Å². The molecule has 0 aliphatic heterocycles. The van der Waals surface area contributed by atoms with Gasteiger partial charge < -0.3 is 9.84 Å². The van der Waals surface area contributed by atoms with Gasteiger partial charge in [0.15, 0.2) is 5.69 Å². The highest BCUT2D eigenvalue weighted by molar-refractivity contribution is 7.13. The average Bonchev–Trinajstić information content (AvgIpc) is 3.27. The van der Waals surface area contributed by atoms with E-state index >= 15 is 0 Å². The van der Waals surface area contributed by atoms with E-state index in [2.05, 4.69) is 22.6 Å². The first-order valence-corrected chi connectivity index (χ1v) is 10.0. The van der Waals surface area contributed by atoms with Gasteiger partial charge in [-0.1, -0.05) is 47.6 Å². The van der Waals surface area contributed by atoms with Crippen LogP contribution in [0, 0.1) is 0 Å². The van der Waals surface area contributed by atoms with Gasteiger partial charge in [-0.3, -0.25) is 4.79 Å². The molecule has 0 saturated heterocycles. The van der Waals surface area contributed by atoms with Crippen molar-refractivity contribution in [2.75, 3.05) is 5.32 Å². The number of carbonyl (C=O) groups excluding carboxylic acids is 1. The quantitative estimate of drug-likeness (QED) is 0.484. The van der Waals surface area contributed by atoms with Gasteiger partial charge in [-0.25, -0.2) is 4.98 Å². The summed E-state index contributed by atoms with van der Waals surface area (Å²) in [5.41, 5.74) is 4.07. The Balaban J connectivity index is 1.29. The molecule has 4 aromatic rings. The summed E-state index contributed by atoms with van der Waals surface area (Å²) in [6.45, 7) is 0. The maximum Gasteiger partial charge on any atom is 0.277 e. The summed E-state index contributed by atoms with van der Waals surface area (Å²) in [5, 5.41) is 9.77. The second-order valence-corrected chi connectivity index (χ2v) is 7.68. The summed E-state index contributed by atoms with van der Waals surface area (Å²) >= 11 is 1.62. The Morgan fingerprint density at radius 2 is 1.82 bits per heavy atom. The van der Waals surface area contributed by atoms with Crippen molar-refractivity contribution in [1.29, 1.82) is 0 Å². The maximum absolute atomic E-state index is 12.3. The lowest BCUT2D eigenvalue weighted by atomic mass is 10.1. The highest BCUT2D eigenvalue weighted by Crippen LogP contribution is 2.40. The number of hydrogen-bond donors (Lipinski definition) is 1. The monoisotopic (exact) mass is 387 g/mol. The summed E-state index contributed by atoms with van der Waals surface area (Å²) in [6, 6.07) is 19.5. The van der Waals surface area contributed by atoms with Crippen LogP contribution in [0.2, 0.25) is 0 Å². The van der Waals surface area contributed by atoms with Gasteiger partial charge in [-0.15, -0.1) is 11.3 Å². The maximum atomic E-state index is 12.3. The standard InChI is InChI=1S/C22H17N3O2S/c26-21(18-12-20(27-25-18)15-6-7-15)23-17-10-8-14(9-11-17)19-13-28-22(24-19)16-4-2-1-3-5-16/h1-5,8-13,15H,6-7H2,(H,23,26). The largest absolute Gasteiger partial charge is 0.360 e. The van der Waals surface area contributed by atoms with Crippen LogP contribution >= 0.6 is 11.3 Å². The molecule has 2 heterocycles. The van der Waals surface area contributed by atoms with Crippen LogP contribution in [0.25, 0.3) is 21.8 Å². The van der Waals surface area contributed by atoms with Gasteiger partial charge in [0.05, 0.1) is 5.69 Å². The van der Waals surface area contributed by atoms with E-state index in [1.807, 2.05) is 47.8 Å². The minimum atomic E-state index is -0.261. The highest BCUT2D eigenvalue weighted by atomic mass is 32.1. The van der Waals surface area contributed by atoms with Crippen molar-refractivity contribution in [3.8, 4) is 21.8 Å². The number of nitrogens with zero attached hydrogens (tertiary/aromatic N) is 2. The molecule has 0 unspecified atom stereocenters. The van der Waals surface area contributed by atoms with Crippen molar-refractivity contribution in [2.45, 2.75) is 18.8 Å². The van der Waals surface area contributed by atoms with Crippen LogP contribution in [0.3, 0.4) is 0 Å². The zero-order valence-electron chi connectivity index (χ0n) is 15.0. The number of aromatic nitrogens is 2. The van der Waals surface area contributed by atoms with E-state index in [0.29, 0.717) is 17.3 Å². The van der Waals surface area contributed by atoms with E-state index in [1.165, 1.54) is 0 Å². The third-order valence-electron chi connectivity index (χ3n) is 4.70. The molecule has 1 aliphatic rings. The topological polar surface area (TPSA) is 68.0 Å². The van der Waals surface area contributed by atoms with Crippen LogP contribution in [-0.4, -0.2) is 16.0 Å². The van der Waals surface area contributed by atoms with Gasteiger partial charge in [0.1, 0.15) is 10.8 Å². The van der Waals surface area contributed by atoms with E-state index in [4.69, 9.17) is 9.51 Å². The number of nitrogens with one attached hydrogen (secondary N) is 1. The molecule has 0 radical (unpaired) electrons. The Bertz CT molecular complexity index is 1110. The minimum absolute atomic E-state index is 0.261. The van der Waals surface area contributed by atoms with Crippen LogP contribution in [0.15, 0.2) is 70.6 Å². The van der Waals surface area contributed by atoms with Gasteiger partial charge >= 0.3 is 0 Å². The van der Waals surface area contributed by atoms with Gasteiger partial charge in [-0.2, -0.15) is 0 Å². The molecule has 1 saturated carbocycles. The number of amides is 1. The lowest BCUT2D eigenvalue weighted by molar-refractivity contribution is 0.101. The second kappa shape index (κ2) is 7.05. The van der Waals surface area contributed by atoms with Crippen molar-refractivity contribution >= 4 is 22.9 Å². The molecule has 28 heavy (non-hydrogen) atoms. The summed E-state index contributed by atoms with van der Waals surface area (Å²) in [7, 11) is 0. The van der Waals surface area contributed by atoms with Crippen molar-refractivity contribution in [2.24, 2.45) is 0 Å². The molecule has 0 spiro atoms. The normalized spacial score (nSPS) is 13.4. The fraction of sp³-hybridized carbons (Fsp3) is 0.136. The van der Waals surface area contributed by atoms with Gasteiger partial charge in [0.2, 0.25) is 0 Å². The third-order valence-corrected chi connectivity index (χ3v) is 5.60. The summed E-state index contributed by atoms with van der Waals surface area (Å²) in [5.74, 6) is 0.980. The molecule has 5 nitrogen and oxygen atoms in total. The molecule has 0 bridgehead atoms. The zero-order chi connectivity index (χ0) is 18.9. The van der Waals surface area contributed by atoms with Crippen LogP contribution in [-0.2, 0) is 0 Å². The summed E-state index contributed by atoms with van der Waals surface area (Å²) < 4.78 is 5.25. The number of rotatable bonds is 5. The van der Waals surface area contributed by atoms with Crippen molar-refractivity contribution in [3.63, 3.8) is 0 Å². The Labute approximate surface area is 166 Å². The molecule has 138 valence electrons. The van der Waals surface area contributed by atoms with Crippen LogP contribution in [0.4, 0.5) is 5.69 Å². The fourth-order valence-corrected chi connectivity index (χ4v) is 3.83. The van der Waals surface area contributed by atoms with Crippen molar-refractivity contribution in [1.82, 2.24) is 10.1 Å². The molecule has 1 N–H and O–H groups in total. The lowest BCUT2D eigenvalue weighted by Crippen LogP contribution is -2.12. The number of benzene rings is 2. The number of hydrogen-bond acceptors (Lipinski definition) is 5. The SMILES string of the molecule is O=C(Nc1ccc(-c2csc(-c3ccccc3)n2)cc1)c1cc(C2CC2)on1. The molecule has 5 rings (SSSR count). The molecule has 1 amide bonds. The summed E-state index contributed by atoms with van der Waals surface area (Å²) in [6.07, 6.45) is 2.22. The smallest absolute Gasteiger partial charge is 0.277 e. The number of carbonyl (C=O) groups is 1. The Morgan fingerprint density at radius 3 is 2.57 bits per heavy atom. The molecule has 2 aromatic carbocycles. The predicted octanol–water partition coefficient (Wildman–Crippen LogP) is 5.59. The van der Waals surface area contributed by atoms with E-state index in [0.717, 1.165) is 40.4 Å². The van der Waals surface area contributed by atoms with Crippen LogP contribution < -0.4 is 5.32 Å². The number of thiazole rings is 1. The first kappa shape index (κ1) is 16.9. The predicted molar refractivity (Wildman–Crippen MR) is 109 cm³/mol. The minimum Gasteiger partial charge on any atom is -0.360 e. The highest BCUT2D eigenvalue weighted by Gasteiger charge is 2.28. The third kappa shape index (κ3) is 3.46. The van der Waals surface area contributed by atoms with Crippen LogP contribution in [0.1, 0.15) is 35.0 Å². The average molecular weight is 387 g/mol. The molecule has 6 heteroatoms. The number of anilines is 1. The van der Waals surface area contributed by atoms with E-state index in [9.17, 15) is 4.79 Å². The molecule has 1 aliphatic carbocycles. The van der Waals surface area contributed by atoms with Gasteiger partial charge in [-0.05, 0) is 25.0 Å². The molecule has 0 atom stereocenters. The molecular weight excluding hydrogens is 370 g/mol. The fourth-order valence-electron chi connectivity index (χ4n) is 3.00. The van der Waals surface area contributed by atoms with Crippen LogP contribution in [0.5, 0.6) is 0 Å². The van der Waals surface area contributed by atoms with E-state index in [1.54, 1.807) is 17.4 Å². The van der Waals surface area contributed by atoms with Gasteiger partial charge in [0.25, 0.3) is 5.91 Å². The van der Waals surface area contributed by atoms with E-state index < -0.39 is 0 Å². The summed E-state index contributed by atoms with van der Waals surface area (Å²) in [4.78, 5) is 17.1. The van der Waals surface area contributed by atoms with Crippen molar-refractivity contribution in [3.05, 3.63) is 77.5 Å². The first-order chi connectivity index (χ1) is 13.8. The van der Waals surface area contributed by atoms with E-state index in [-0.39, 0.29) is 5.91 Å². The molecule has 2 aromatic heterocycles. The lowest BCUT2D eigenvalue weighted by Gasteiger charge is -2.04. The Hall–Kier alpha value is -3.25. The zero-order valence-corrected chi connectivity index (χ0v) is 15.8. The first-order valence-electron chi connectivity index (χ1n) is 9.15. The second-order valence-electron chi connectivity index (χ2n) is 6.82. The molecule has 1 fully saturated rings. The Morgan fingerprint density at radius 1 is 1.04 bits per heavy atom. The molecular formula is C22H17N3O2S. The van der Waals surface area contributed by atoms with Gasteiger partial charge in [0, 0.05) is 34.2 Å². The Kier molecular flexibility index (Phi) is 4.25.